The molecule has 10 nitrogen and oxygen atoms in total. The van der Waals surface area contributed by atoms with Crippen molar-refractivity contribution in [1.29, 1.82) is 0 Å². The van der Waals surface area contributed by atoms with Gasteiger partial charge < -0.3 is 34.7 Å². The van der Waals surface area contributed by atoms with E-state index in [-0.39, 0.29) is 30.2 Å². The van der Waals surface area contributed by atoms with Crippen LogP contribution < -0.4 is 20.3 Å². The number of carboxylic acid groups (broad SMARTS) is 1. The monoisotopic (exact) mass is 557 g/mol. The standard InChI is InChI=1S/C29H27N5O5S/c1-38-17-25(35)31-22-16-20(12-13-24(22)39-2)34-27(26(32-29(34)40)21-6-3-4-14-30-21)23-7-5-15-33(23)19-10-8-18(9-11-19)28(36)37/h3-16,26-27H,17H2,1-2H3,(H,31,35)(H,32,40)(H,36,37)/t26-,27-/m1/s1. The summed E-state index contributed by atoms with van der Waals surface area (Å²) in [7, 11) is 2.99. The molecule has 1 aliphatic heterocycles. The number of pyridine rings is 1. The lowest BCUT2D eigenvalue weighted by Crippen LogP contribution is -2.30. The molecule has 1 fully saturated rings. The van der Waals surface area contributed by atoms with Crippen LogP contribution in [0.15, 0.2) is 85.2 Å². The minimum Gasteiger partial charge on any atom is -0.495 e. The van der Waals surface area contributed by atoms with Gasteiger partial charge in [-0.25, -0.2) is 4.79 Å². The van der Waals surface area contributed by atoms with Gasteiger partial charge in [-0.1, -0.05) is 6.07 Å². The molecule has 1 amide bonds. The van der Waals surface area contributed by atoms with Crippen LogP contribution in [0.5, 0.6) is 5.75 Å². The summed E-state index contributed by atoms with van der Waals surface area (Å²) in [6.45, 7) is -0.102. The summed E-state index contributed by atoms with van der Waals surface area (Å²) in [4.78, 5) is 30.3. The van der Waals surface area contributed by atoms with Gasteiger partial charge in [-0.15, -0.1) is 0 Å². The molecule has 0 aliphatic carbocycles. The maximum atomic E-state index is 12.3. The predicted molar refractivity (Wildman–Crippen MR) is 154 cm³/mol. The molecule has 0 saturated carbocycles. The van der Waals surface area contributed by atoms with E-state index in [2.05, 4.69) is 15.6 Å². The molecule has 1 aliphatic rings. The van der Waals surface area contributed by atoms with Crippen LogP contribution >= 0.6 is 12.2 Å². The number of carbonyl (C=O) groups excluding carboxylic acids is 1. The molecular formula is C29H27N5O5S. The van der Waals surface area contributed by atoms with Gasteiger partial charge in [0.1, 0.15) is 18.4 Å². The zero-order valence-corrected chi connectivity index (χ0v) is 22.6. The smallest absolute Gasteiger partial charge is 0.335 e. The molecule has 0 unspecified atom stereocenters. The lowest BCUT2D eigenvalue weighted by Gasteiger charge is -2.29. The van der Waals surface area contributed by atoms with Crippen LogP contribution in [0.2, 0.25) is 0 Å². The van der Waals surface area contributed by atoms with Gasteiger partial charge in [-0.05, 0) is 78.9 Å². The summed E-state index contributed by atoms with van der Waals surface area (Å²) in [5.41, 5.74) is 3.90. The van der Waals surface area contributed by atoms with E-state index in [9.17, 15) is 14.7 Å². The molecule has 4 aromatic rings. The molecule has 3 N–H and O–H groups in total. The van der Waals surface area contributed by atoms with Gasteiger partial charge in [0.05, 0.1) is 30.1 Å². The zero-order valence-electron chi connectivity index (χ0n) is 21.8. The molecule has 0 radical (unpaired) electrons. The number of hydrogen-bond acceptors (Lipinski definition) is 6. The van der Waals surface area contributed by atoms with Gasteiger partial charge in [0.25, 0.3) is 0 Å². The van der Waals surface area contributed by atoms with E-state index in [0.717, 1.165) is 22.8 Å². The predicted octanol–water partition coefficient (Wildman–Crippen LogP) is 4.34. The number of rotatable bonds is 9. The van der Waals surface area contributed by atoms with Crippen LogP contribution in [0.3, 0.4) is 0 Å². The van der Waals surface area contributed by atoms with Gasteiger partial charge in [0.15, 0.2) is 5.11 Å². The van der Waals surface area contributed by atoms with E-state index in [1.807, 2.05) is 58.1 Å². The largest absolute Gasteiger partial charge is 0.495 e. The van der Waals surface area contributed by atoms with Crippen molar-refractivity contribution in [3.63, 3.8) is 0 Å². The highest BCUT2D eigenvalue weighted by Crippen LogP contribution is 2.43. The van der Waals surface area contributed by atoms with Crippen molar-refractivity contribution >= 4 is 40.6 Å². The fraction of sp³-hybridized carbons (Fsp3) is 0.172. The van der Waals surface area contributed by atoms with Gasteiger partial charge in [-0.2, -0.15) is 0 Å². The highest BCUT2D eigenvalue weighted by atomic mass is 32.1. The minimum atomic E-state index is -0.987. The molecule has 0 spiro atoms. The molecule has 1 saturated heterocycles. The summed E-state index contributed by atoms with van der Waals surface area (Å²) in [5.74, 6) is -0.813. The van der Waals surface area contributed by atoms with Crippen molar-refractivity contribution < 1.29 is 24.2 Å². The van der Waals surface area contributed by atoms with Gasteiger partial charge in [-0.3, -0.25) is 9.78 Å². The maximum absolute atomic E-state index is 12.3. The number of aromatic nitrogens is 2. The minimum absolute atomic E-state index is 0.102. The molecular weight excluding hydrogens is 530 g/mol. The van der Waals surface area contributed by atoms with Crippen LogP contribution in [0, 0.1) is 0 Å². The molecule has 3 heterocycles. The van der Waals surface area contributed by atoms with E-state index >= 15 is 0 Å². The maximum Gasteiger partial charge on any atom is 0.335 e. The number of hydrogen-bond donors (Lipinski definition) is 3. The Morgan fingerprint density at radius 1 is 1.05 bits per heavy atom. The second-order valence-corrected chi connectivity index (χ2v) is 9.40. The first kappa shape index (κ1) is 26.9. The second-order valence-electron chi connectivity index (χ2n) is 9.02. The van der Waals surface area contributed by atoms with E-state index in [4.69, 9.17) is 21.7 Å². The number of carboxylic acids is 1. The SMILES string of the molecule is COCC(=O)Nc1cc(N2C(=S)N[C@H](c3ccccn3)[C@H]2c2cccn2-c2ccc(C(=O)O)cc2)ccc1OC. The molecule has 5 rings (SSSR count). The number of methoxy groups -OCH3 is 2. The van der Waals surface area contributed by atoms with Crippen LogP contribution in [-0.2, 0) is 9.53 Å². The average Bonchev–Trinajstić information content (AvgIpc) is 3.58. The fourth-order valence-corrected chi connectivity index (χ4v) is 5.18. The quantitative estimate of drug-likeness (QED) is 0.258. The third-order valence-electron chi connectivity index (χ3n) is 6.58. The lowest BCUT2D eigenvalue weighted by molar-refractivity contribution is -0.119. The Bertz CT molecular complexity index is 1540. The molecule has 2 aromatic carbocycles. The van der Waals surface area contributed by atoms with Gasteiger partial charge >= 0.3 is 5.97 Å². The Kier molecular flexibility index (Phi) is 7.76. The molecule has 204 valence electrons. The highest BCUT2D eigenvalue weighted by Gasteiger charge is 2.42. The number of aromatic carboxylic acids is 1. The van der Waals surface area contributed by atoms with Crippen LogP contribution in [0.25, 0.3) is 5.69 Å². The molecule has 2 aromatic heterocycles. The number of thiocarbonyl (C=S) groups is 1. The first-order valence-corrected chi connectivity index (χ1v) is 12.8. The second kappa shape index (κ2) is 11.6. The number of nitrogens with one attached hydrogen (secondary N) is 2. The first-order chi connectivity index (χ1) is 19.4. The Hall–Kier alpha value is -4.74. The number of anilines is 2. The van der Waals surface area contributed by atoms with E-state index in [1.165, 1.54) is 14.2 Å². The number of ether oxygens (including phenoxy) is 2. The van der Waals surface area contributed by atoms with E-state index in [0.29, 0.717) is 16.5 Å². The van der Waals surface area contributed by atoms with Crippen LogP contribution in [0.1, 0.15) is 33.8 Å². The first-order valence-electron chi connectivity index (χ1n) is 12.4. The van der Waals surface area contributed by atoms with Crippen molar-refractivity contribution in [3.8, 4) is 11.4 Å². The fourth-order valence-electron chi connectivity index (χ4n) is 4.83. The average molecular weight is 558 g/mol. The lowest BCUT2D eigenvalue weighted by atomic mass is 10.0. The normalized spacial score (nSPS) is 16.4. The number of amides is 1. The molecule has 2 atom stereocenters. The molecule has 40 heavy (non-hydrogen) atoms. The Morgan fingerprint density at radius 3 is 2.50 bits per heavy atom. The summed E-state index contributed by atoms with van der Waals surface area (Å²) < 4.78 is 12.4. The van der Waals surface area contributed by atoms with Crippen molar-refractivity contribution in [2.24, 2.45) is 0 Å². The highest BCUT2D eigenvalue weighted by molar-refractivity contribution is 7.80. The van der Waals surface area contributed by atoms with Crippen LogP contribution in [0.4, 0.5) is 11.4 Å². The zero-order chi connectivity index (χ0) is 28.2. The summed E-state index contributed by atoms with van der Waals surface area (Å²) in [6, 6.07) is 21.1. The topological polar surface area (TPSA) is 118 Å². The van der Waals surface area contributed by atoms with Gasteiger partial charge in [0, 0.05) is 36.6 Å². The third kappa shape index (κ3) is 5.24. The number of nitrogens with zero attached hydrogens (tertiary/aromatic N) is 3. The number of carbonyl (C=O) groups is 2. The van der Waals surface area contributed by atoms with Crippen molar-refractivity contribution in [3.05, 3.63) is 102 Å². The number of benzene rings is 2. The Morgan fingerprint density at radius 2 is 1.82 bits per heavy atom. The van der Waals surface area contributed by atoms with Gasteiger partial charge in [0.2, 0.25) is 5.91 Å². The van der Waals surface area contributed by atoms with E-state index < -0.39 is 5.97 Å². The van der Waals surface area contributed by atoms with Crippen LogP contribution in [-0.4, -0.2) is 52.5 Å². The Labute approximate surface area is 236 Å². The third-order valence-corrected chi connectivity index (χ3v) is 6.90. The molecule has 11 heteroatoms. The van der Waals surface area contributed by atoms with E-state index in [1.54, 1.807) is 36.5 Å². The summed E-state index contributed by atoms with van der Waals surface area (Å²) in [6.07, 6.45) is 3.66. The summed E-state index contributed by atoms with van der Waals surface area (Å²) >= 11 is 5.86. The summed E-state index contributed by atoms with van der Waals surface area (Å²) in [5, 5.41) is 16.1. The van der Waals surface area contributed by atoms with Crippen molar-refractivity contribution in [1.82, 2.24) is 14.9 Å². The van der Waals surface area contributed by atoms with Crippen molar-refractivity contribution in [2.45, 2.75) is 12.1 Å². The molecule has 0 bridgehead atoms. The van der Waals surface area contributed by atoms with Crippen molar-refractivity contribution in [2.75, 3.05) is 31.0 Å². The Balaban J connectivity index is 1.62.